The Kier molecular flexibility index (Phi) is 4.89. The van der Waals surface area contributed by atoms with Crippen LogP contribution in [0.1, 0.15) is 18.4 Å². The van der Waals surface area contributed by atoms with E-state index in [1.165, 1.54) is 12.1 Å². The van der Waals surface area contributed by atoms with E-state index in [4.69, 9.17) is 5.73 Å². The molecule has 2 aromatic rings. The number of carbonyl (C=O) groups excluding carboxylic acids is 1. The van der Waals surface area contributed by atoms with E-state index >= 15 is 0 Å². The lowest BCUT2D eigenvalue weighted by Crippen LogP contribution is -2.30. The van der Waals surface area contributed by atoms with Gasteiger partial charge in [0.25, 0.3) is 0 Å². The van der Waals surface area contributed by atoms with Gasteiger partial charge in [-0.25, -0.2) is 13.1 Å². The maximum Gasteiger partial charge on any atom is 0.240 e. The average Bonchev–Trinajstić information content (AvgIpc) is 3.43. The van der Waals surface area contributed by atoms with Crippen molar-refractivity contribution in [3.63, 3.8) is 0 Å². The molecule has 4 N–H and O–H groups in total. The van der Waals surface area contributed by atoms with Gasteiger partial charge < -0.3 is 11.1 Å². The summed E-state index contributed by atoms with van der Waals surface area (Å²) < 4.78 is 26.8. The van der Waals surface area contributed by atoms with Crippen LogP contribution in [0.25, 0.3) is 0 Å². The van der Waals surface area contributed by atoms with Gasteiger partial charge >= 0.3 is 0 Å². The highest BCUT2D eigenvalue weighted by Gasteiger charge is 2.51. The molecule has 6 nitrogen and oxygen atoms in total. The fourth-order valence-corrected chi connectivity index (χ4v) is 3.89. The number of amides is 1. The second kappa shape index (κ2) is 6.95. The molecule has 1 saturated carbocycles. The molecule has 0 aliphatic heterocycles. The molecular weight excluding hydrogens is 338 g/mol. The van der Waals surface area contributed by atoms with Gasteiger partial charge in [0.2, 0.25) is 15.9 Å². The van der Waals surface area contributed by atoms with Crippen LogP contribution < -0.4 is 15.8 Å². The molecule has 7 heteroatoms. The summed E-state index contributed by atoms with van der Waals surface area (Å²) in [6.07, 6.45) is 1.58. The van der Waals surface area contributed by atoms with Gasteiger partial charge in [-0.15, -0.1) is 0 Å². The van der Waals surface area contributed by atoms with Gasteiger partial charge in [0.05, 0.1) is 10.3 Å². The average molecular weight is 359 g/mol. The highest BCUT2D eigenvalue weighted by atomic mass is 32.2. The molecule has 0 bridgehead atoms. The summed E-state index contributed by atoms with van der Waals surface area (Å²) in [6.45, 7) is 0.380. The molecule has 0 aromatic heterocycles. The minimum atomic E-state index is -3.63. The highest BCUT2D eigenvalue weighted by Crippen LogP contribution is 2.48. The van der Waals surface area contributed by atoms with Crippen LogP contribution in [0.2, 0.25) is 0 Å². The molecule has 1 aliphatic carbocycles. The maximum absolute atomic E-state index is 12.7. The van der Waals surface area contributed by atoms with E-state index in [1.54, 1.807) is 12.1 Å². The molecule has 1 amide bonds. The maximum atomic E-state index is 12.7. The normalized spacial score (nSPS) is 15.6. The summed E-state index contributed by atoms with van der Waals surface area (Å²) in [5.41, 5.74) is 6.28. The smallest absolute Gasteiger partial charge is 0.240 e. The Morgan fingerprint density at radius 1 is 1.08 bits per heavy atom. The molecule has 0 heterocycles. The lowest BCUT2D eigenvalue weighted by Gasteiger charge is -2.16. The number of rotatable bonds is 7. The Morgan fingerprint density at radius 3 is 2.44 bits per heavy atom. The second-order valence-electron chi connectivity index (χ2n) is 6.12. The molecule has 0 spiro atoms. The van der Waals surface area contributed by atoms with E-state index in [1.807, 2.05) is 30.3 Å². The SMILES string of the molecule is NCCNS(=O)(=O)c1cccc(NC(=O)C2(c3ccccc3)CC2)c1. The van der Waals surface area contributed by atoms with Crippen molar-refractivity contribution in [2.75, 3.05) is 18.4 Å². The van der Waals surface area contributed by atoms with Crippen molar-refractivity contribution >= 4 is 21.6 Å². The molecule has 132 valence electrons. The van der Waals surface area contributed by atoms with Crippen LogP contribution in [0, 0.1) is 0 Å². The largest absolute Gasteiger partial charge is 0.329 e. The Labute approximate surface area is 147 Å². The lowest BCUT2D eigenvalue weighted by atomic mass is 9.95. The molecule has 0 radical (unpaired) electrons. The Bertz CT molecular complexity index is 862. The first-order valence-electron chi connectivity index (χ1n) is 8.15. The predicted octanol–water partition coefficient (Wildman–Crippen LogP) is 1.59. The van der Waals surface area contributed by atoms with Gasteiger partial charge in [-0.1, -0.05) is 36.4 Å². The van der Waals surface area contributed by atoms with E-state index in [2.05, 4.69) is 10.0 Å². The first-order valence-corrected chi connectivity index (χ1v) is 9.63. The van der Waals surface area contributed by atoms with Crippen LogP contribution in [-0.4, -0.2) is 27.4 Å². The molecule has 1 aliphatic rings. The van der Waals surface area contributed by atoms with E-state index < -0.39 is 15.4 Å². The van der Waals surface area contributed by atoms with Gasteiger partial charge in [0, 0.05) is 18.8 Å². The first-order chi connectivity index (χ1) is 12.0. The molecule has 3 rings (SSSR count). The zero-order chi connectivity index (χ0) is 17.9. The zero-order valence-electron chi connectivity index (χ0n) is 13.7. The number of hydrogen-bond acceptors (Lipinski definition) is 4. The molecule has 0 atom stereocenters. The van der Waals surface area contributed by atoms with Crippen LogP contribution in [-0.2, 0) is 20.2 Å². The number of benzene rings is 2. The standard InChI is InChI=1S/C18H21N3O3S/c19-11-12-20-25(23,24)16-8-4-7-15(13-16)21-17(22)18(9-10-18)14-5-2-1-3-6-14/h1-8,13,20H,9-12,19H2,(H,21,22). The van der Waals surface area contributed by atoms with Crippen molar-refractivity contribution < 1.29 is 13.2 Å². The summed E-state index contributed by atoms with van der Waals surface area (Å²) in [5, 5.41) is 2.86. The van der Waals surface area contributed by atoms with Gasteiger partial charge in [0.1, 0.15) is 0 Å². The van der Waals surface area contributed by atoms with Crippen LogP contribution in [0.3, 0.4) is 0 Å². The molecule has 0 unspecified atom stereocenters. The molecular formula is C18H21N3O3S. The van der Waals surface area contributed by atoms with Crippen LogP contribution in [0.4, 0.5) is 5.69 Å². The fraction of sp³-hybridized carbons (Fsp3) is 0.278. The molecule has 2 aromatic carbocycles. The summed E-state index contributed by atoms with van der Waals surface area (Å²) in [5.74, 6) is -0.108. The van der Waals surface area contributed by atoms with E-state index in [0.29, 0.717) is 5.69 Å². The summed E-state index contributed by atoms with van der Waals surface area (Å²) in [7, 11) is -3.63. The van der Waals surface area contributed by atoms with Crippen molar-refractivity contribution in [3.05, 3.63) is 60.2 Å². The highest BCUT2D eigenvalue weighted by molar-refractivity contribution is 7.89. The van der Waals surface area contributed by atoms with Gasteiger partial charge in [-0.2, -0.15) is 0 Å². The van der Waals surface area contributed by atoms with Crippen molar-refractivity contribution in [1.29, 1.82) is 0 Å². The van der Waals surface area contributed by atoms with E-state index in [-0.39, 0.29) is 23.9 Å². The van der Waals surface area contributed by atoms with Crippen molar-refractivity contribution in [1.82, 2.24) is 4.72 Å². The number of hydrogen-bond donors (Lipinski definition) is 3. The Balaban J connectivity index is 1.78. The van der Waals surface area contributed by atoms with Crippen LogP contribution in [0.5, 0.6) is 0 Å². The van der Waals surface area contributed by atoms with Crippen molar-refractivity contribution in [2.24, 2.45) is 5.73 Å². The fourth-order valence-electron chi connectivity index (χ4n) is 2.80. The Morgan fingerprint density at radius 2 is 1.80 bits per heavy atom. The van der Waals surface area contributed by atoms with Crippen LogP contribution in [0.15, 0.2) is 59.5 Å². The quantitative estimate of drug-likeness (QED) is 0.699. The van der Waals surface area contributed by atoms with E-state index in [9.17, 15) is 13.2 Å². The van der Waals surface area contributed by atoms with Crippen LogP contribution >= 0.6 is 0 Å². The molecule has 1 fully saturated rings. The Hall–Kier alpha value is -2.22. The third-order valence-corrected chi connectivity index (χ3v) is 5.81. The topological polar surface area (TPSA) is 101 Å². The minimum Gasteiger partial charge on any atom is -0.329 e. The number of sulfonamides is 1. The number of anilines is 1. The summed E-state index contributed by atoms with van der Waals surface area (Å²) in [6, 6.07) is 15.9. The predicted molar refractivity (Wildman–Crippen MR) is 96.7 cm³/mol. The number of nitrogens with one attached hydrogen (secondary N) is 2. The lowest BCUT2D eigenvalue weighted by molar-refractivity contribution is -0.118. The number of carbonyl (C=O) groups is 1. The van der Waals surface area contributed by atoms with Crippen molar-refractivity contribution in [2.45, 2.75) is 23.2 Å². The first kappa shape index (κ1) is 17.6. The van der Waals surface area contributed by atoms with Crippen molar-refractivity contribution in [3.8, 4) is 0 Å². The zero-order valence-corrected chi connectivity index (χ0v) is 14.6. The van der Waals surface area contributed by atoms with Gasteiger partial charge in [-0.05, 0) is 36.6 Å². The monoisotopic (exact) mass is 359 g/mol. The molecule has 25 heavy (non-hydrogen) atoms. The van der Waals surface area contributed by atoms with Gasteiger partial charge in [-0.3, -0.25) is 4.79 Å². The van der Waals surface area contributed by atoms with E-state index in [0.717, 1.165) is 18.4 Å². The molecule has 0 saturated heterocycles. The summed E-state index contributed by atoms with van der Waals surface area (Å²) >= 11 is 0. The number of nitrogens with two attached hydrogens (primary N) is 1. The minimum absolute atomic E-state index is 0.100. The summed E-state index contributed by atoms with van der Waals surface area (Å²) in [4.78, 5) is 12.8. The second-order valence-corrected chi connectivity index (χ2v) is 7.88. The third-order valence-electron chi connectivity index (χ3n) is 4.35. The van der Waals surface area contributed by atoms with Gasteiger partial charge in [0.15, 0.2) is 0 Å². The third kappa shape index (κ3) is 3.73.